The molecule has 0 saturated heterocycles. The van der Waals surface area contributed by atoms with E-state index in [1.165, 1.54) is 12.1 Å². The molecule has 8 heteroatoms. The SMILES string of the molecule is CC(NC(c1ccc(Cl)cc1)c1cccc(Nc2c(O)c(=O)c2=O)c1)c1cc(F)cc(F)c1. The molecule has 0 aliphatic carbocycles. The standard InChI is InChI=1S/C25H19ClF2N2O3/c1-13(16-9-18(27)12-19(28)10-16)29-21(14-5-7-17(26)8-6-14)15-3-2-4-20(11-15)30-22-23(31)25(33)24(22)32/h2-13,21,29-31H,1H3. The average Bonchev–Trinajstić information content (AvgIpc) is 2.80. The molecule has 0 saturated carbocycles. The third-order valence-corrected chi connectivity index (χ3v) is 5.63. The monoisotopic (exact) mass is 468 g/mol. The Labute approximate surface area is 193 Å². The number of nitrogens with one attached hydrogen (secondary N) is 2. The number of hydrogen-bond acceptors (Lipinski definition) is 5. The summed E-state index contributed by atoms with van der Waals surface area (Å²) in [6.45, 7) is 1.79. The van der Waals surface area contributed by atoms with E-state index in [9.17, 15) is 23.5 Å². The molecule has 0 heterocycles. The summed E-state index contributed by atoms with van der Waals surface area (Å²) < 4.78 is 27.5. The molecule has 0 radical (unpaired) electrons. The Morgan fingerprint density at radius 2 is 1.52 bits per heavy atom. The number of halogens is 3. The highest BCUT2D eigenvalue weighted by atomic mass is 35.5. The lowest BCUT2D eigenvalue weighted by molar-refractivity contribution is 0.466. The summed E-state index contributed by atoms with van der Waals surface area (Å²) in [5.41, 5.74) is 0.672. The second-order valence-electron chi connectivity index (χ2n) is 7.71. The molecule has 2 unspecified atom stereocenters. The Morgan fingerprint density at radius 1 is 0.848 bits per heavy atom. The van der Waals surface area contributed by atoms with Crippen molar-refractivity contribution in [2.24, 2.45) is 0 Å². The maximum Gasteiger partial charge on any atom is 0.271 e. The van der Waals surface area contributed by atoms with Gasteiger partial charge < -0.3 is 10.4 Å². The molecule has 0 amide bonds. The summed E-state index contributed by atoms with van der Waals surface area (Å²) in [6, 6.07) is 16.7. The lowest BCUT2D eigenvalue weighted by atomic mass is 9.96. The van der Waals surface area contributed by atoms with Gasteiger partial charge in [0, 0.05) is 22.8 Å². The summed E-state index contributed by atoms with van der Waals surface area (Å²) in [6.07, 6.45) is 0. The van der Waals surface area contributed by atoms with E-state index in [2.05, 4.69) is 10.6 Å². The molecule has 2 atom stereocenters. The number of hydrogen-bond donors (Lipinski definition) is 3. The maximum absolute atomic E-state index is 13.8. The molecule has 3 N–H and O–H groups in total. The van der Waals surface area contributed by atoms with E-state index in [1.807, 2.05) is 18.2 Å². The first-order chi connectivity index (χ1) is 15.7. The largest absolute Gasteiger partial charge is 0.502 e. The van der Waals surface area contributed by atoms with Gasteiger partial charge in [0.05, 0.1) is 6.04 Å². The summed E-state index contributed by atoms with van der Waals surface area (Å²) in [7, 11) is 0. The van der Waals surface area contributed by atoms with E-state index in [-0.39, 0.29) is 5.69 Å². The van der Waals surface area contributed by atoms with Crippen molar-refractivity contribution in [2.45, 2.75) is 19.0 Å². The summed E-state index contributed by atoms with van der Waals surface area (Å²) >= 11 is 6.04. The van der Waals surface area contributed by atoms with Crippen molar-refractivity contribution in [1.29, 1.82) is 0 Å². The third-order valence-electron chi connectivity index (χ3n) is 5.38. The van der Waals surface area contributed by atoms with Gasteiger partial charge in [0.1, 0.15) is 17.3 Å². The van der Waals surface area contributed by atoms with Gasteiger partial charge >= 0.3 is 0 Å². The molecule has 4 rings (SSSR count). The predicted octanol–water partition coefficient (Wildman–Crippen LogP) is 5.10. The first-order valence-electron chi connectivity index (χ1n) is 10.1. The van der Waals surface area contributed by atoms with Crippen LogP contribution < -0.4 is 21.5 Å². The van der Waals surface area contributed by atoms with Crippen LogP contribution in [-0.2, 0) is 0 Å². The molecule has 0 bridgehead atoms. The van der Waals surface area contributed by atoms with E-state index < -0.39 is 40.3 Å². The molecule has 4 aromatic carbocycles. The zero-order valence-electron chi connectivity index (χ0n) is 17.4. The molecule has 0 spiro atoms. The summed E-state index contributed by atoms with van der Waals surface area (Å²) in [5.74, 6) is -1.93. The van der Waals surface area contributed by atoms with Crippen LogP contribution in [0.25, 0.3) is 0 Å². The van der Waals surface area contributed by atoms with Gasteiger partial charge in [-0.3, -0.25) is 14.9 Å². The van der Waals surface area contributed by atoms with Gasteiger partial charge in [0.15, 0.2) is 5.75 Å². The highest BCUT2D eigenvalue weighted by molar-refractivity contribution is 6.30. The quantitative estimate of drug-likeness (QED) is 0.329. The van der Waals surface area contributed by atoms with Gasteiger partial charge in [-0.15, -0.1) is 0 Å². The summed E-state index contributed by atoms with van der Waals surface area (Å²) in [5, 5.41) is 16.4. The van der Waals surface area contributed by atoms with Gasteiger partial charge in [-0.25, -0.2) is 8.78 Å². The number of benzene rings is 3. The second-order valence-corrected chi connectivity index (χ2v) is 8.14. The Kier molecular flexibility index (Phi) is 6.26. The van der Waals surface area contributed by atoms with Crippen LogP contribution >= 0.6 is 11.6 Å². The van der Waals surface area contributed by atoms with Crippen molar-refractivity contribution in [3.63, 3.8) is 0 Å². The molecular weight excluding hydrogens is 450 g/mol. The van der Waals surface area contributed by atoms with Crippen molar-refractivity contribution < 1.29 is 13.9 Å². The molecule has 33 heavy (non-hydrogen) atoms. The molecule has 5 nitrogen and oxygen atoms in total. The highest BCUT2D eigenvalue weighted by Gasteiger charge is 2.22. The fourth-order valence-corrected chi connectivity index (χ4v) is 3.77. The summed E-state index contributed by atoms with van der Waals surface area (Å²) in [4.78, 5) is 23.0. The first-order valence-corrected chi connectivity index (χ1v) is 10.5. The zero-order chi connectivity index (χ0) is 23.7. The van der Waals surface area contributed by atoms with E-state index in [4.69, 9.17) is 11.6 Å². The van der Waals surface area contributed by atoms with Crippen LogP contribution in [0.2, 0.25) is 5.02 Å². The minimum absolute atomic E-state index is 0.156. The van der Waals surface area contributed by atoms with Crippen molar-refractivity contribution >= 4 is 23.0 Å². The Balaban J connectivity index is 1.68. The van der Waals surface area contributed by atoms with Gasteiger partial charge in [-0.05, 0) is 60.0 Å². The normalized spacial score (nSPS) is 13.1. The Morgan fingerprint density at radius 3 is 2.15 bits per heavy atom. The van der Waals surface area contributed by atoms with Crippen molar-refractivity contribution in [1.82, 2.24) is 5.32 Å². The molecule has 4 aromatic rings. The topological polar surface area (TPSA) is 78.4 Å². The van der Waals surface area contributed by atoms with Crippen LogP contribution in [0.5, 0.6) is 5.75 Å². The molecule has 0 aromatic heterocycles. The van der Waals surface area contributed by atoms with E-state index >= 15 is 0 Å². The third kappa shape index (κ3) is 4.79. The number of rotatable bonds is 7. The number of aromatic hydroxyl groups is 1. The number of anilines is 2. The fraction of sp³-hybridized carbons (Fsp3) is 0.120. The van der Waals surface area contributed by atoms with Gasteiger partial charge in [0.2, 0.25) is 0 Å². The van der Waals surface area contributed by atoms with Crippen molar-refractivity contribution in [2.75, 3.05) is 5.32 Å². The van der Waals surface area contributed by atoms with Gasteiger partial charge in [-0.2, -0.15) is 0 Å². The van der Waals surface area contributed by atoms with Crippen LogP contribution in [0.1, 0.15) is 35.7 Å². The van der Waals surface area contributed by atoms with Crippen LogP contribution in [-0.4, -0.2) is 5.11 Å². The van der Waals surface area contributed by atoms with Crippen LogP contribution in [0, 0.1) is 11.6 Å². The van der Waals surface area contributed by atoms with Crippen LogP contribution in [0.3, 0.4) is 0 Å². The predicted molar refractivity (Wildman–Crippen MR) is 124 cm³/mol. The molecule has 0 fully saturated rings. The molecule has 0 aliphatic rings. The highest BCUT2D eigenvalue weighted by Crippen LogP contribution is 2.30. The minimum Gasteiger partial charge on any atom is -0.502 e. The van der Waals surface area contributed by atoms with E-state index in [0.717, 1.165) is 17.2 Å². The first kappa shape index (κ1) is 22.6. The molecule has 168 valence electrons. The minimum atomic E-state index is -0.925. The van der Waals surface area contributed by atoms with Crippen LogP contribution in [0.4, 0.5) is 20.2 Å². The zero-order valence-corrected chi connectivity index (χ0v) is 18.2. The maximum atomic E-state index is 13.8. The fourth-order valence-electron chi connectivity index (χ4n) is 3.65. The Bertz CT molecular complexity index is 1360. The van der Waals surface area contributed by atoms with Crippen LogP contribution in [0.15, 0.2) is 76.3 Å². The van der Waals surface area contributed by atoms with Gasteiger partial charge in [0.25, 0.3) is 10.9 Å². The Hall–Kier alpha value is -3.55. The second kappa shape index (κ2) is 9.13. The van der Waals surface area contributed by atoms with Crippen molar-refractivity contribution in [3.8, 4) is 5.75 Å². The van der Waals surface area contributed by atoms with Gasteiger partial charge in [-0.1, -0.05) is 35.9 Å². The lowest BCUT2D eigenvalue weighted by Gasteiger charge is -2.25. The molecular formula is C25H19ClF2N2O3. The average molecular weight is 469 g/mol. The molecule has 0 aliphatic heterocycles. The van der Waals surface area contributed by atoms with E-state index in [0.29, 0.717) is 16.3 Å². The lowest BCUT2D eigenvalue weighted by Crippen LogP contribution is -2.32. The smallest absolute Gasteiger partial charge is 0.271 e. The van der Waals surface area contributed by atoms with E-state index in [1.54, 1.807) is 37.3 Å². The van der Waals surface area contributed by atoms with Crippen molar-refractivity contribution in [3.05, 3.63) is 121 Å².